The third-order valence-electron chi connectivity index (χ3n) is 3.52. The molecule has 2 heterocycles. The largest absolute Gasteiger partial charge is 0.394 e. The van der Waals surface area contributed by atoms with Crippen LogP contribution in [0.5, 0.6) is 0 Å². The number of nitrogens with one attached hydrogen (secondary N) is 1. The molecule has 0 saturated carbocycles. The van der Waals surface area contributed by atoms with E-state index in [1.54, 1.807) is 4.90 Å². The number of amides is 2. The van der Waals surface area contributed by atoms with Gasteiger partial charge in [0.2, 0.25) is 5.13 Å². The fourth-order valence-electron chi connectivity index (χ4n) is 2.39. The average molecular weight is 298 g/mol. The number of carbonyl (C=O) groups is 1. The molecule has 1 aliphatic rings. The Hall–Kier alpha value is -1.21. The van der Waals surface area contributed by atoms with Crippen LogP contribution in [0.15, 0.2) is 0 Å². The van der Waals surface area contributed by atoms with Crippen molar-refractivity contribution in [3.63, 3.8) is 0 Å². The molecule has 112 valence electrons. The third kappa shape index (κ3) is 3.89. The Morgan fingerprint density at radius 1 is 1.50 bits per heavy atom. The number of likely N-dealkylation sites (tertiary alicyclic amines) is 1. The summed E-state index contributed by atoms with van der Waals surface area (Å²) in [5.74, 6) is 0. The predicted octanol–water partition coefficient (Wildman–Crippen LogP) is 2.26. The molecule has 1 aromatic heterocycles. The Kier molecular flexibility index (Phi) is 5.72. The molecule has 6 nitrogen and oxygen atoms in total. The van der Waals surface area contributed by atoms with E-state index >= 15 is 0 Å². The molecule has 2 amide bonds. The van der Waals surface area contributed by atoms with E-state index < -0.39 is 0 Å². The molecule has 0 spiro atoms. The van der Waals surface area contributed by atoms with E-state index in [0.29, 0.717) is 11.7 Å². The minimum absolute atomic E-state index is 0.0196. The van der Waals surface area contributed by atoms with Gasteiger partial charge in [0.15, 0.2) is 0 Å². The number of anilines is 1. The molecule has 0 unspecified atom stereocenters. The van der Waals surface area contributed by atoms with Gasteiger partial charge in [-0.05, 0) is 19.3 Å². The first-order valence-electron chi connectivity index (χ1n) is 7.25. The van der Waals surface area contributed by atoms with E-state index in [1.807, 2.05) is 0 Å². The molecule has 1 atom stereocenters. The zero-order chi connectivity index (χ0) is 14.4. The molecule has 1 aliphatic heterocycles. The molecule has 2 N–H and O–H groups in total. The Morgan fingerprint density at radius 2 is 2.35 bits per heavy atom. The van der Waals surface area contributed by atoms with Gasteiger partial charge in [-0.3, -0.25) is 5.32 Å². The lowest BCUT2D eigenvalue weighted by molar-refractivity contribution is 0.166. The summed E-state index contributed by atoms with van der Waals surface area (Å²) in [6.45, 7) is 2.88. The second-order valence-corrected chi connectivity index (χ2v) is 6.12. The van der Waals surface area contributed by atoms with Crippen LogP contribution in [0.25, 0.3) is 0 Å². The van der Waals surface area contributed by atoms with Gasteiger partial charge in [0.1, 0.15) is 5.01 Å². The van der Waals surface area contributed by atoms with Crippen molar-refractivity contribution in [3.05, 3.63) is 5.01 Å². The average Bonchev–Trinajstić information content (AvgIpc) is 3.07. The van der Waals surface area contributed by atoms with Crippen LogP contribution in [0.3, 0.4) is 0 Å². The summed E-state index contributed by atoms with van der Waals surface area (Å²) < 4.78 is 0. The Balaban J connectivity index is 1.85. The molecule has 20 heavy (non-hydrogen) atoms. The SMILES string of the molecule is CCCCCc1nnc(NC(=O)N2CCC[C@H]2CO)s1. The highest BCUT2D eigenvalue weighted by atomic mass is 32.1. The molecule has 1 aromatic rings. The number of nitrogens with zero attached hydrogens (tertiary/aromatic N) is 3. The maximum absolute atomic E-state index is 12.1. The monoisotopic (exact) mass is 298 g/mol. The van der Waals surface area contributed by atoms with Crippen LogP contribution in [0, 0.1) is 0 Å². The fraction of sp³-hybridized carbons (Fsp3) is 0.769. The van der Waals surface area contributed by atoms with Crippen LogP contribution < -0.4 is 5.32 Å². The van der Waals surface area contributed by atoms with Gasteiger partial charge in [-0.1, -0.05) is 31.1 Å². The second kappa shape index (κ2) is 7.54. The number of aliphatic hydroxyl groups excluding tert-OH is 1. The van der Waals surface area contributed by atoms with Crippen LogP contribution in [0.2, 0.25) is 0 Å². The molecule has 1 saturated heterocycles. The molecule has 0 bridgehead atoms. The predicted molar refractivity (Wildman–Crippen MR) is 79.0 cm³/mol. The van der Waals surface area contributed by atoms with E-state index in [2.05, 4.69) is 22.4 Å². The molecule has 1 fully saturated rings. The number of unbranched alkanes of at least 4 members (excludes halogenated alkanes) is 2. The lowest BCUT2D eigenvalue weighted by Crippen LogP contribution is -2.40. The summed E-state index contributed by atoms with van der Waals surface area (Å²) in [6, 6.07) is -0.246. The third-order valence-corrected chi connectivity index (χ3v) is 4.42. The Morgan fingerprint density at radius 3 is 3.10 bits per heavy atom. The van der Waals surface area contributed by atoms with Gasteiger partial charge in [-0.15, -0.1) is 10.2 Å². The minimum Gasteiger partial charge on any atom is -0.394 e. The highest BCUT2D eigenvalue weighted by molar-refractivity contribution is 7.15. The number of urea groups is 1. The molecule has 2 rings (SSSR count). The number of aryl methyl sites for hydroxylation is 1. The zero-order valence-corrected chi connectivity index (χ0v) is 12.7. The second-order valence-electron chi connectivity index (χ2n) is 5.06. The maximum atomic E-state index is 12.1. The normalized spacial score (nSPS) is 18.5. The highest BCUT2D eigenvalue weighted by Gasteiger charge is 2.28. The molecular formula is C13H22N4O2S. The maximum Gasteiger partial charge on any atom is 0.324 e. The molecule has 0 aromatic carbocycles. The van der Waals surface area contributed by atoms with Crippen LogP contribution in [0.4, 0.5) is 9.93 Å². The molecular weight excluding hydrogens is 276 g/mol. The van der Waals surface area contributed by atoms with Crippen LogP contribution >= 0.6 is 11.3 Å². The quantitative estimate of drug-likeness (QED) is 0.790. The summed E-state index contributed by atoms with van der Waals surface area (Å²) >= 11 is 1.44. The van der Waals surface area contributed by atoms with E-state index in [-0.39, 0.29) is 18.7 Å². The van der Waals surface area contributed by atoms with Gasteiger partial charge in [0.25, 0.3) is 0 Å². The smallest absolute Gasteiger partial charge is 0.324 e. The number of aromatic nitrogens is 2. The van der Waals surface area contributed by atoms with Crippen molar-refractivity contribution in [3.8, 4) is 0 Å². The van der Waals surface area contributed by atoms with Crippen LogP contribution in [-0.4, -0.2) is 45.4 Å². The first-order chi connectivity index (χ1) is 9.74. The van der Waals surface area contributed by atoms with E-state index in [0.717, 1.165) is 30.7 Å². The van der Waals surface area contributed by atoms with Gasteiger partial charge in [-0.25, -0.2) is 4.79 Å². The Labute approximate surface area is 123 Å². The van der Waals surface area contributed by atoms with Crippen molar-refractivity contribution in [1.82, 2.24) is 15.1 Å². The summed E-state index contributed by atoms with van der Waals surface area (Å²) in [6.07, 6.45) is 6.20. The van der Waals surface area contributed by atoms with E-state index in [4.69, 9.17) is 0 Å². The summed E-state index contributed by atoms with van der Waals surface area (Å²) in [5, 5.41) is 21.6. The molecule has 7 heteroatoms. The number of aliphatic hydroxyl groups is 1. The van der Waals surface area contributed by atoms with Crippen molar-refractivity contribution >= 4 is 22.5 Å². The standard InChI is InChI=1S/C13H22N4O2S/c1-2-3-4-7-11-15-16-12(20-11)14-13(19)17-8-5-6-10(17)9-18/h10,18H,2-9H2,1H3,(H,14,16,19)/t10-/m0/s1. The highest BCUT2D eigenvalue weighted by Crippen LogP contribution is 2.21. The van der Waals surface area contributed by atoms with Crippen molar-refractivity contribution in [2.75, 3.05) is 18.5 Å². The van der Waals surface area contributed by atoms with Crippen molar-refractivity contribution < 1.29 is 9.90 Å². The number of carbonyl (C=O) groups excluding carboxylic acids is 1. The lowest BCUT2D eigenvalue weighted by Gasteiger charge is -2.22. The van der Waals surface area contributed by atoms with Gasteiger partial charge in [-0.2, -0.15) is 0 Å². The Bertz CT molecular complexity index is 438. The van der Waals surface area contributed by atoms with Crippen molar-refractivity contribution in [2.24, 2.45) is 0 Å². The zero-order valence-electron chi connectivity index (χ0n) is 11.8. The minimum atomic E-state index is -0.183. The summed E-state index contributed by atoms with van der Waals surface area (Å²) in [4.78, 5) is 13.8. The summed E-state index contributed by atoms with van der Waals surface area (Å²) in [7, 11) is 0. The van der Waals surface area contributed by atoms with Gasteiger partial charge in [0.05, 0.1) is 12.6 Å². The van der Waals surface area contributed by atoms with Gasteiger partial charge >= 0.3 is 6.03 Å². The van der Waals surface area contributed by atoms with Gasteiger partial charge in [0, 0.05) is 13.0 Å². The first kappa shape index (κ1) is 15.2. The number of rotatable bonds is 6. The number of hydrogen-bond donors (Lipinski definition) is 2. The van der Waals surface area contributed by atoms with E-state index in [1.165, 1.54) is 24.2 Å². The molecule has 0 radical (unpaired) electrons. The summed E-state index contributed by atoms with van der Waals surface area (Å²) in [5.41, 5.74) is 0. The van der Waals surface area contributed by atoms with Crippen LogP contribution in [0.1, 0.15) is 44.0 Å². The van der Waals surface area contributed by atoms with Gasteiger partial charge < -0.3 is 10.0 Å². The topological polar surface area (TPSA) is 78.4 Å². The fourth-order valence-corrected chi connectivity index (χ4v) is 3.16. The van der Waals surface area contributed by atoms with Crippen LogP contribution in [-0.2, 0) is 6.42 Å². The lowest BCUT2D eigenvalue weighted by atomic mass is 10.2. The first-order valence-corrected chi connectivity index (χ1v) is 8.07. The molecule has 0 aliphatic carbocycles. The number of hydrogen-bond acceptors (Lipinski definition) is 5. The van der Waals surface area contributed by atoms with E-state index in [9.17, 15) is 9.90 Å². The van der Waals surface area contributed by atoms with Crippen molar-refractivity contribution in [2.45, 2.75) is 51.5 Å². The van der Waals surface area contributed by atoms with Crippen molar-refractivity contribution in [1.29, 1.82) is 0 Å².